The first kappa shape index (κ1) is 14.6. The maximum absolute atomic E-state index is 13.0. The minimum atomic E-state index is -0.441. The molecule has 0 aromatic heterocycles. The number of non-ortho nitro benzene ring substituents is 1. The SMILES string of the molecule is CC1(C)C2=C(C(=O)c3ccc(O)cc31)c1cc([N+](=O)[O-])ccc1C2. The Kier molecular flexibility index (Phi) is 2.77. The van der Waals surface area contributed by atoms with E-state index in [4.69, 9.17) is 0 Å². The van der Waals surface area contributed by atoms with Crippen LogP contribution in [0.15, 0.2) is 42.0 Å². The largest absolute Gasteiger partial charge is 0.508 e. The third-order valence-electron chi connectivity index (χ3n) is 5.15. The van der Waals surface area contributed by atoms with E-state index in [1.807, 2.05) is 13.8 Å². The number of nitrogens with zero attached hydrogens (tertiary/aromatic N) is 1. The number of hydrogen-bond donors (Lipinski definition) is 1. The van der Waals surface area contributed by atoms with Crippen molar-refractivity contribution >= 4 is 17.0 Å². The number of ketones is 1. The highest BCUT2D eigenvalue weighted by Crippen LogP contribution is 2.50. The number of carbonyl (C=O) groups excluding carboxylic acids is 1. The standard InChI is InChI=1S/C19H15NO4/c1-19(2)15-9-12(21)5-6-13(15)18(22)17-14-8-11(20(23)24)4-3-10(14)7-16(17)19/h3-6,8-9,21H,7H2,1-2H3. The summed E-state index contributed by atoms with van der Waals surface area (Å²) in [6.45, 7) is 4.04. The lowest BCUT2D eigenvalue weighted by Crippen LogP contribution is -2.29. The number of phenols is 1. The zero-order valence-electron chi connectivity index (χ0n) is 13.3. The van der Waals surface area contributed by atoms with Crippen LogP contribution in [0, 0.1) is 10.1 Å². The van der Waals surface area contributed by atoms with Crippen molar-refractivity contribution in [1.82, 2.24) is 0 Å². The van der Waals surface area contributed by atoms with E-state index in [1.165, 1.54) is 18.2 Å². The van der Waals surface area contributed by atoms with Crippen LogP contribution in [0.3, 0.4) is 0 Å². The second-order valence-electron chi connectivity index (χ2n) is 6.81. The average Bonchev–Trinajstić information content (AvgIpc) is 2.92. The third-order valence-corrected chi connectivity index (χ3v) is 5.15. The van der Waals surface area contributed by atoms with Gasteiger partial charge in [0.15, 0.2) is 5.78 Å². The van der Waals surface area contributed by atoms with Crippen molar-refractivity contribution in [3.8, 4) is 5.75 Å². The zero-order chi connectivity index (χ0) is 17.2. The normalized spacial score (nSPS) is 17.3. The molecule has 0 saturated heterocycles. The molecule has 5 heteroatoms. The molecule has 2 aromatic rings. The van der Waals surface area contributed by atoms with Gasteiger partial charge in [0.2, 0.25) is 0 Å². The number of Topliss-reactive ketones (excluding diaryl/α,β-unsaturated/α-hetero) is 1. The molecule has 0 fully saturated rings. The first-order valence-electron chi connectivity index (χ1n) is 7.70. The first-order valence-corrected chi connectivity index (χ1v) is 7.70. The summed E-state index contributed by atoms with van der Waals surface area (Å²) in [6, 6.07) is 9.49. The molecule has 2 aromatic carbocycles. The van der Waals surface area contributed by atoms with Gasteiger partial charge < -0.3 is 5.11 Å². The van der Waals surface area contributed by atoms with Gasteiger partial charge in [0.25, 0.3) is 5.69 Å². The summed E-state index contributed by atoms with van der Waals surface area (Å²) >= 11 is 0. The van der Waals surface area contributed by atoms with Crippen molar-refractivity contribution in [2.24, 2.45) is 0 Å². The van der Waals surface area contributed by atoms with E-state index in [2.05, 4.69) is 0 Å². The van der Waals surface area contributed by atoms with Crippen molar-refractivity contribution in [2.75, 3.05) is 0 Å². The van der Waals surface area contributed by atoms with E-state index in [9.17, 15) is 20.0 Å². The van der Waals surface area contributed by atoms with Gasteiger partial charge in [0.05, 0.1) is 4.92 Å². The molecule has 0 amide bonds. The van der Waals surface area contributed by atoms with E-state index in [-0.39, 0.29) is 17.2 Å². The molecule has 24 heavy (non-hydrogen) atoms. The van der Waals surface area contributed by atoms with Gasteiger partial charge in [-0.3, -0.25) is 14.9 Å². The lowest BCUT2D eigenvalue weighted by atomic mass is 9.68. The van der Waals surface area contributed by atoms with E-state index in [1.54, 1.807) is 18.2 Å². The van der Waals surface area contributed by atoms with Crippen molar-refractivity contribution in [2.45, 2.75) is 25.7 Å². The van der Waals surface area contributed by atoms with Crippen LogP contribution in [0.25, 0.3) is 5.57 Å². The van der Waals surface area contributed by atoms with Crippen LogP contribution in [0.1, 0.15) is 40.9 Å². The predicted molar refractivity (Wildman–Crippen MR) is 89.2 cm³/mol. The molecule has 2 aliphatic rings. The molecule has 5 nitrogen and oxygen atoms in total. The molecule has 2 aliphatic carbocycles. The minimum absolute atomic E-state index is 0.00962. The Hall–Kier alpha value is -2.95. The zero-order valence-corrected chi connectivity index (χ0v) is 13.3. The van der Waals surface area contributed by atoms with Crippen LogP contribution in [-0.4, -0.2) is 15.8 Å². The Balaban J connectivity index is 1.98. The summed E-state index contributed by atoms with van der Waals surface area (Å²) in [6.07, 6.45) is 0.594. The van der Waals surface area contributed by atoms with Crippen LogP contribution < -0.4 is 0 Å². The molecule has 0 spiro atoms. The lowest BCUT2D eigenvalue weighted by Gasteiger charge is -2.34. The Morgan fingerprint density at radius 2 is 1.88 bits per heavy atom. The minimum Gasteiger partial charge on any atom is -0.508 e. The summed E-state index contributed by atoms with van der Waals surface area (Å²) in [5.74, 6) is 0.00315. The third kappa shape index (κ3) is 1.78. The van der Waals surface area contributed by atoms with Crippen LogP contribution >= 0.6 is 0 Å². The lowest BCUT2D eigenvalue weighted by molar-refractivity contribution is -0.384. The topological polar surface area (TPSA) is 80.4 Å². The molecule has 1 N–H and O–H groups in total. The number of nitro groups is 1. The molecule has 0 unspecified atom stereocenters. The molecule has 0 aliphatic heterocycles. The number of aromatic hydroxyl groups is 1. The molecular formula is C19H15NO4. The number of allylic oxidation sites excluding steroid dienone is 2. The highest BCUT2D eigenvalue weighted by atomic mass is 16.6. The molecule has 0 atom stereocenters. The number of nitro benzene ring substituents is 1. The molecule has 0 heterocycles. The van der Waals surface area contributed by atoms with E-state index >= 15 is 0 Å². The van der Waals surface area contributed by atoms with Crippen molar-refractivity contribution < 1.29 is 14.8 Å². The summed E-state index contributed by atoms with van der Waals surface area (Å²) in [5, 5.41) is 20.9. The van der Waals surface area contributed by atoms with Gasteiger partial charge in [-0.1, -0.05) is 19.9 Å². The Bertz CT molecular complexity index is 969. The summed E-state index contributed by atoms with van der Waals surface area (Å²) in [7, 11) is 0. The van der Waals surface area contributed by atoms with Crippen LogP contribution in [0.4, 0.5) is 5.69 Å². The van der Waals surface area contributed by atoms with Crippen LogP contribution in [0.2, 0.25) is 0 Å². The Labute approximate surface area is 138 Å². The van der Waals surface area contributed by atoms with Gasteiger partial charge in [-0.25, -0.2) is 0 Å². The van der Waals surface area contributed by atoms with Crippen molar-refractivity contribution in [3.05, 3.63) is 74.3 Å². The summed E-state index contributed by atoms with van der Waals surface area (Å²) in [5.41, 5.74) is 4.05. The number of fused-ring (bicyclic) bond motifs is 3. The van der Waals surface area contributed by atoms with Crippen molar-refractivity contribution in [1.29, 1.82) is 0 Å². The number of rotatable bonds is 1. The summed E-state index contributed by atoms with van der Waals surface area (Å²) < 4.78 is 0. The van der Waals surface area contributed by atoms with Gasteiger partial charge in [0, 0.05) is 28.7 Å². The number of benzene rings is 2. The van der Waals surface area contributed by atoms with E-state index in [0.29, 0.717) is 23.1 Å². The Morgan fingerprint density at radius 3 is 2.58 bits per heavy atom. The fourth-order valence-electron chi connectivity index (χ4n) is 3.84. The maximum atomic E-state index is 13.0. The van der Waals surface area contributed by atoms with Crippen LogP contribution in [0.5, 0.6) is 5.75 Å². The maximum Gasteiger partial charge on any atom is 0.270 e. The number of hydrogen-bond acceptors (Lipinski definition) is 4. The predicted octanol–water partition coefficient (Wildman–Crippen LogP) is 3.78. The number of carbonyl (C=O) groups is 1. The van der Waals surface area contributed by atoms with Gasteiger partial charge in [-0.2, -0.15) is 0 Å². The van der Waals surface area contributed by atoms with E-state index < -0.39 is 10.3 Å². The fourth-order valence-corrected chi connectivity index (χ4v) is 3.84. The monoisotopic (exact) mass is 321 g/mol. The van der Waals surface area contributed by atoms with Gasteiger partial charge in [0.1, 0.15) is 5.75 Å². The van der Waals surface area contributed by atoms with Gasteiger partial charge >= 0.3 is 0 Å². The smallest absolute Gasteiger partial charge is 0.270 e. The van der Waals surface area contributed by atoms with Gasteiger partial charge in [-0.05, 0) is 46.9 Å². The second kappa shape index (κ2) is 4.54. The Morgan fingerprint density at radius 1 is 1.12 bits per heavy atom. The quantitative estimate of drug-likeness (QED) is 0.640. The molecule has 120 valence electrons. The first-order chi connectivity index (χ1) is 11.3. The van der Waals surface area contributed by atoms with Crippen molar-refractivity contribution in [3.63, 3.8) is 0 Å². The number of phenolic OH excluding ortho intramolecular Hbond substituents is 1. The van der Waals surface area contributed by atoms with Crippen LogP contribution in [-0.2, 0) is 11.8 Å². The van der Waals surface area contributed by atoms with E-state index in [0.717, 1.165) is 16.7 Å². The molecule has 0 bridgehead atoms. The molecule has 0 saturated carbocycles. The molecule has 4 rings (SSSR count). The average molecular weight is 321 g/mol. The molecular weight excluding hydrogens is 306 g/mol. The fraction of sp³-hybridized carbons (Fsp3) is 0.211. The van der Waals surface area contributed by atoms with Gasteiger partial charge in [-0.15, -0.1) is 0 Å². The molecule has 0 radical (unpaired) electrons. The summed E-state index contributed by atoms with van der Waals surface area (Å²) in [4.78, 5) is 23.7. The highest BCUT2D eigenvalue weighted by Gasteiger charge is 2.43. The second-order valence-corrected chi connectivity index (χ2v) is 6.81. The highest BCUT2D eigenvalue weighted by molar-refractivity contribution is 6.33.